The molecule has 6 nitrogen and oxygen atoms in total. The van der Waals surface area contributed by atoms with E-state index < -0.39 is 16.2 Å². The van der Waals surface area contributed by atoms with E-state index in [0.29, 0.717) is 6.42 Å². The molecule has 0 spiro atoms. The van der Waals surface area contributed by atoms with Crippen LogP contribution in [0.25, 0.3) is 0 Å². The number of hydrogen-bond donors (Lipinski definition) is 3. The molecule has 0 aliphatic rings. The van der Waals surface area contributed by atoms with E-state index in [2.05, 4.69) is 9.44 Å². The molecule has 1 aromatic rings. The number of halogens is 1. The molecule has 0 radical (unpaired) electrons. The van der Waals surface area contributed by atoms with E-state index >= 15 is 0 Å². The van der Waals surface area contributed by atoms with Crippen LogP contribution in [0.4, 0.5) is 5.69 Å². The zero-order valence-electron chi connectivity index (χ0n) is 9.60. The summed E-state index contributed by atoms with van der Waals surface area (Å²) in [5.41, 5.74) is -0.0206. The zero-order valence-corrected chi connectivity index (χ0v) is 11.2. The first-order valence-electron chi connectivity index (χ1n) is 5.16. The van der Waals surface area contributed by atoms with Crippen LogP contribution < -0.4 is 9.44 Å². The van der Waals surface area contributed by atoms with Crippen molar-refractivity contribution in [3.05, 3.63) is 28.8 Å². The summed E-state index contributed by atoms with van der Waals surface area (Å²) < 4.78 is 27.6. The lowest BCUT2D eigenvalue weighted by Crippen LogP contribution is -2.30. The Kier molecular flexibility index (Phi) is 4.94. The summed E-state index contributed by atoms with van der Waals surface area (Å²) in [6.45, 7) is 2.10. The van der Waals surface area contributed by atoms with Crippen molar-refractivity contribution >= 4 is 33.5 Å². The summed E-state index contributed by atoms with van der Waals surface area (Å²) in [6, 6.07) is 3.78. The predicted octanol–water partition coefficient (Wildman–Crippen LogP) is 1.69. The Morgan fingerprint density at radius 3 is 2.67 bits per heavy atom. The van der Waals surface area contributed by atoms with Crippen LogP contribution in [-0.4, -0.2) is 26.0 Å². The van der Waals surface area contributed by atoms with Crippen molar-refractivity contribution in [2.75, 3.05) is 11.3 Å². The third kappa shape index (κ3) is 4.17. The maximum atomic E-state index is 11.6. The number of carboxylic acid groups (broad SMARTS) is 1. The van der Waals surface area contributed by atoms with Gasteiger partial charge in [-0.05, 0) is 24.6 Å². The van der Waals surface area contributed by atoms with Crippen LogP contribution >= 0.6 is 11.6 Å². The Bertz CT molecular complexity index is 545. The first-order valence-corrected chi connectivity index (χ1v) is 7.02. The fourth-order valence-electron chi connectivity index (χ4n) is 1.15. The standard InChI is InChI=1S/C10H13ClN2O4S/c1-2-5-12-18(16,17)13-9-6-7(10(14)15)3-4-8(9)11/h3-4,6,12-13H,2,5H2,1H3,(H,14,15). The zero-order chi connectivity index (χ0) is 13.8. The summed E-state index contributed by atoms with van der Waals surface area (Å²) in [5.74, 6) is -1.16. The highest BCUT2D eigenvalue weighted by Crippen LogP contribution is 2.23. The van der Waals surface area contributed by atoms with Crippen molar-refractivity contribution in [2.24, 2.45) is 0 Å². The molecule has 18 heavy (non-hydrogen) atoms. The van der Waals surface area contributed by atoms with Crippen LogP contribution in [0.3, 0.4) is 0 Å². The highest BCUT2D eigenvalue weighted by molar-refractivity contribution is 7.90. The molecular formula is C10H13ClN2O4S. The minimum Gasteiger partial charge on any atom is -0.478 e. The van der Waals surface area contributed by atoms with Gasteiger partial charge in [0.2, 0.25) is 0 Å². The second kappa shape index (κ2) is 6.03. The number of carboxylic acids is 1. The highest BCUT2D eigenvalue weighted by Gasteiger charge is 2.13. The molecular weight excluding hydrogens is 280 g/mol. The Balaban J connectivity index is 2.96. The van der Waals surface area contributed by atoms with Gasteiger partial charge in [-0.3, -0.25) is 4.72 Å². The third-order valence-electron chi connectivity index (χ3n) is 2.00. The molecule has 8 heteroatoms. The quantitative estimate of drug-likeness (QED) is 0.743. The number of rotatable bonds is 6. The molecule has 3 N–H and O–H groups in total. The van der Waals surface area contributed by atoms with Gasteiger partial charge in [0.15, 0.2) is 0 Å². The first kappa shape index (κ1) is 14.7. The first-order chi connectivity index (χ1) is 8.35. The highest BCUT2D eigenvalue weighted by atomic mass is 35.5. The Morgan fingerprint density at radius 1 is 1.44 bits per heavy atom. The number of hydrogen-bond acceptors (Lipinski definition) is 3. The van der Waals surface area contributed by atoms with E-state index in [1.807, 2.05) is 6.92 Å². The topological polar surface area (TPSA) is 95.5 Å². The largest absolute Gasteiger partial charge is 0.478 e. The number of carbonyl (C=O) groups is 1. The molecule has 0 saturated carbocycles. The SMILES string of the molecule is CCCNS(=O)(=O)Nc1cc(C(=O)O)ccc1Cl. The van der Waals surface area contributed by atoms with Crippen LogP contribution in [0.15, 0.2) is 18.2 Å². The van der Waals surface area contributed by atoms with Crippen LogP contribution in [0, 0.1) is 0 Å². The number of aromatic carboxylic acids is 1. The van der Waals surface area contributed by atoms with Crippen LogP contribution in [0.1, 0.15) is 23.7 Å². The van der Waals surface area contributed by atoms with E-state index in [1.165, 1.54) is 12.1 Å². The van der Waals surface area contributed by atoms with Gasteiger partial charge < -0.3 is 5.11 Å². The van der Waals surface area contributed by atoms with Gasteiger partial charge in [-0.25, -0.2) is 4.79 Å². The smallest absolute Gasteiger partial charge is 0.335 e. The van der Waals surface area contributed by atoms with Crippen LogP contribution in [0.2, 0.25) is 5.02 Å². The maximum Gasteiger partial charge on any atom is 0.335 e. The fourth-order valence-corrected chi connectivity index (χ4v) is 2.38. The van der Waals surface area contributed by atoms with Gasteiger partial charge in [0.1, 0.15) is 0 Å². The lowest BCUT2D eigenvalue weighted by Gasteiger charge is -2.10. The lowest BCUT2D eigenvalue weighted by molar-refractivity contribution is 0.0697. The van der Waals surface area contributed by atoms with Gasteiger partial charge >= 0.3 is 5.97 Å². The van der Waals surface area contributed by atoms with Crippen molar-refractivity contribution in [3.63, 3.8) is 0 Å². The number of benzene rings is 1. The number of nitrogens with one attached hydrogen (secondary N) is 2. The second-order valence-electron chi connectivity index (χ2n) is 3.50. The summed E-state index contributed by atoms with van der Waals surface area (Å²) in [7, 11) is -3.74. The van der Waals surface area contributed by atoms with E-state index in [1.54, 1.807) is 0 Å². The summed E-state index contributed by atoms with van der Waals surface area (Å²) in [5, 5.41) is 8.93. The average Bonchev–Trinajstić information content (AvgIpc) is 2.29. The van der Waals surface area contributed by atoms with E-state index in [0.717, 1.165) is 6.07 Å². The summed E-state index contributed by atoms with van der Waals surface area (Å²) >= 11 is 5.79. The molecule has 0 unspecified atom stereocenters. The molecule has 1 aromatic carbocycles. The van der Waals surface area contributed by atoms with Crippen LogP contribution in [-0.2, 0) is 10.2 Å². The lowest BCUT2D eigenvalue weighted by atomic mass is 10.2. The van der Waals surface area contributed by atoms with Gasteiger partial charge in [-0.15, -0.1) is 0 Å². The minimum atomic E-state index is -3.74. The molecule has 0 saturated heterocycles. The van der Waals surface area contributed by atoms with E-state index in [4.69, 9.17) is 16.7 Å². The normalized spacial score (nSPS) is 11.2. The Morgan fingerprint density at radius 2 is 2.11 bits per heavy atom. The van der Waals surface area contributed by atoms with Crippen molar-refractivity contribution < 1.29 is 18.3 Å². The molecule has 1 rings (SSSR count). The average molecular weight is 293 g/mol. The van der Waals surface area contributed by atoms with Gasteiger partial charge in [-0.2, -0.15) is 13.1 Å². The number of anilines is 1. The van der Waals surface area contributed by atoms with Crippen molar-refractivity contribution in [2.45, 2.75) is 13.3 Å². The maximum absolute atomic E-state index is 11.6. The van der Waals surface area contributed by atoms with E-state index in [9.17, 15) is 13.2 Å². The molecule has 0 heterocycles. The molecule has 0 atom stereocenters. The minimum absolute atomic E-state index is 0.0279. The van der Waals surface area contributed by atoms with Gasteiger partial charge in [-0.1, -0.05) is 18.5 Å². The Labute approximate surface area is 110 Å². The van der Waals surface area contributed by atoms with Gasteiger partial charge in [0, 0.05) is 6.54 Å². The molecule has 0 aliphatic heterocycles. The molecule has 0 amide bonds. The molecule has 0 aliphatic carbocycles. The monoisotopic (exact) mass is 292 g/mol. The van der Waals surface area contributed by atoms with Gasteiger partial charge in [0.25, 0.3) is 10.2 Å². The van der Waals surface area contributed by atoms with Crippen molar-refractivity contribution in [1.82, 2.24) is 4.72 Å². The van der Waals surface area contributed by atoms with E-state index in [-0.39, 0.29) is 22.8 Å². The third-order valence-corrected chi connectivity index (χ3v) is 3.40. The molecule has 0 aromatic heterocycles. The summed E-state index contributed by atoms with van der Waals surface area (Å²) in [6.07, 6.45) is 0.643. The van der Waals surface area contributed by atoms with Crippen molar-refractivity contribution in [3.8, 4) is 0 Å². The molecule has 0 bridgehead atoms. The predicted molar refractivity (Wildman–Crippen MR) is 69.2 cm³/mol. The fraction of sp³-hybridized carbons (Fsp3) is 0.300. The Hall–Kier alpha value is -1.31. The van der Waals surface area contributed by atoms with Gasteiger partial charge in [0.05, 0.1) is 16.3 Å². The summed E-state index contributed by atoms with van der Waals surface area (Å²) in [4.78, 5) is 10.8. The second-order valence-corrected chi connectivity index (χ2v) is 5.41. The molecule has 100 valence electrons. The van der Waals surface area contributed by atoms with Crippen molar-refractivity contribution in [1.29, 1.82) is 0 Å². The van der Waals surface area contributed by atoms with Crippen LogP contribution in [0.5, 0.6) is 0 Å². The molecule has 0 fully saturated rings.